The number of hydrogen-bond acceptors (Lipinski definition) is 4. The van der Waals surface area contributed by atoms with Crippen molar-refractivity contribution in [2.24, 2.45) is 0 Å². The van der Waals surface area contributed by atoms with Crippen molar-refractivity contribution in [3.63, 3.8) is 0 Å². The first-order valence-electron chi connectivity index (χ1n) is 8.40. The zero-order chi connectivity index (χ0) is 14.8. The van der Waals surface area contributed by atoms with Crippen molar-refractivity contribution in [3.05, 3.63) is 21.4 Å². The van der Waals surface area contributed by atoms with Crippen LogP contribution in [0.3, 0.4) is 0 Å². The molecule has 1 aliphatic heterocycles. The van der Waals surface area contributed by atoms with E-state index in [2.05, 4.69) is 42.0 Å². The molecule has 0 aromatic carbocycles. The Labute approximate surface area is 133 Å². The predicted octanol–water partition coefficient (Wildman–Crippen LogP) is 2.83. The number of nitrogens with zero attached hydrogens (tertiary/aromatic N) is 2. The van der Waals surface area contributed by atoms with Crippen molar-refractivity contribution in [3.8, 4) is 0 Å². The Hall–Kier alpha value is -0.420. The quantitative estimate of drug-likeness (QED) is 0.872. The van der Waals surface area contributed by atoms with Crippen LogP contribution in [0.25, 0.3) is 0 Å². The van der Waals surface area contributed by atoms with Crippen molar-refractivity contribution in [2.75, 3.05) is 26.2 Å². The highest BCUT2D eigenvalue weighted by Crippen LogP contribution is 2.25. The lowest BCUT2D eigenvalue weighted by molar-refractivity contribution is 0.104. The summed E-state index contributed by atoms with van der Waals surface area (Å²) in [5, 5.41) is 3.63. The molecular formula is C17H29N3S. The van der Waals surface area contributed by atoms with Crippen LogP contribution in [-0.4, -0.2) is 48.1 Å². The number of aryl methyl sites for hydroxylation is 1. The highest BCUT2D eigenvalue weighted by Gasteiger charge is 2.22. The maximum absolute atomic E-state index is 3.63. The standard InChI is InChI=1S/C17H29N3S/c1-13(2)20-8-6-19(7-9-20)12-15-10-17(21-14(15)3)11-18-16-4-5-16/h10,13,16,18H,4-9,11-12H2,1-3H3. The average molecular weight is 308 g/mol. The van der Waals surface area contributed by atoms with Gasteiger partial charge in [-0.05, 0) is 45.2 Å². The van der Waals surface area contributed by atoms with E-state index in [9.17, 15) is 0 Å². The van der Waals surface area contributed by atoms with Gasteiger partial charge in [-0.3, -0.25) is 9.80 Å². The molecule has 118 valence electrons. The number of rotatable bonds is 6. The molecule has 1 saturated heterocycles. The van der Waals surface area contributed by atoms with Crippen LogP contribution in [-0.2, 0) is 13.1 Å². The van der Waals surface area contributed by atoms with Crippen molar-refractivity contribution in [2.45, 2.75) is 58.8 Å². The topological polar surface area (TPSA) is 18.5 Å². The normalized spacial score (nSPS) is 21.3. The molecule has 21 heavy (non-hydrogen) atoms. The highest BCUT2D eigenvalue weighted by molar-refractivity contribution is 7.12. The van der Waals surface area contributed by atoms with Gasteiger partial charge in [-0.25, -0.2) is 0 Å². The van der Waals surface area contributed by atoms with Crippen molar-refractivity contribution in [1.29, 1.82) is 0 Å². The fourth-order valence-electron chi connectivity index (χ4n) is 3.04. The van der Waals surface area contributed by atoms with Gasteiger partial charge in [0.2, 0.25) is 0 Å². The van der Waals surface area contributed by atoms with E-state index >= 15 is 0 Å². The molecule has 1 aromatic rings. The molecule has 3 rings (SSSR count). The van der Waals surface area contributed by atoms with Crippen LogP contribution in [0.4, 0.5) is 0 Å². The molecule has 0 atom stereocenters. The third-order valence-electron chi connectivity index (χ3n) is 4.75. The second-order valence-corrected chi connectivity index (χ2v) is 8.20. The average Bonchev–Trinajstić information content (AvgIpc) is 3.23. The molecule has 1 aliphatic carbocycles. The van der Waals surface area contributed by atoms with Gasteiger partial charge in [-0.15, -0.1) is 11.3 Å². The summed E-state index contributed by atoms with van der Waals surface area (Å²) in [4.78, 5) is 8.22. The molecule has 0 radical (unpaired) electrons. The smallest absolute Gasteiger partial charge is 0.0302 e. The van der Waals surface area contributed by atoms with Crippen molar-refractivity contribution >= 4 is 11.3 Å². The second-order valence-electron chi connectivity index (χ2n) is 6.86. The van der Waals surface area contributed by atoms with E-state index < -0.39 is 0 Å². The van der Waals surface area contributed by atoms with Gasteiger partial charge in [-0.1, -0.05) is 0 Å². The number of thiophene rings is 1. The summed E-state index contributed by atoms with van der Waals surface area (Å²) in [6, 6.07) is 3.93. The van der Waals surface area contributed by atoms with Gasteiger partial charge in [-0.2, -0.15) is 0 Å². The molecular weight excluding hydrogens is 278 g/mol. The van der Waals surface area contributed by atoms with Gasteiger partial charge in [0.15, 0.2) is 0 Å². The third-order valence-corrected chi connectivity index (χ3v) is 5.84. The van der Waals surface area contributed by atoms with Gasteiger partial charge < -0.3 is 5.32 Å². The Morgan fingerprint density at radius 3 is 2.57 bits per heavy atom. The van der Waals surface area contributed by atoms with Crippen LogP contribution >= 0.6 is 11.3 Å². The van der Waals surface area contributed by atoms with Crippen LogP contribution in [0.2, 0.25) is 0 Å². The third kappa shape index (κ3) is 4.28. The summed E-state index contributed by atoms with van der Waals surface area (Å²) in [6.45, 7) is 14.0. The fraction of sp³-hybridized carbons (Fsp3) is 0.765. The fourth-order valence-corrected chi connectivity index (χ4v) is 4.05. The molecule has 1 saturated carbocycles. The van der Waals surface area contributed by atoms with E-state index in [1.54, 1.807) is 5.56 Å². The Balaban J connectivity index is 1.50. The van der Waals surface area contributed by atoms with E-state index in [-0.39, 0.29) is 0 Å². The molecule has 0 unspecified atom stereocenters. The molecule has 0 bridgehead atoms. The van der Waals surface area contributed by atoms with Crippen LogP contribution in [0.1, 0.15) is 42.0 Å². The predicted molar refractivity (Wildman–Crippen MR) is 90.9 cm³/mol. The molecule has 2 heterocycles. The van der Waals surface area contributed by atoms with Crippen LogP contribution in [0, 0.1) is 6.92 Å². The molecule has 0 spiro atoms. The van der Waals surface area contributed by atoms with Crippen LogP contribution in [0.15, 0.2) is 6.07 Å². The van der Waals surface area contributed by atoms with Gasteiger partial charge in [0.25, 0.3) is 0 Å². The van der Waals surface area contributed by atoms with E-state index in [0.717, 1.165) is 19.1 Å². The van der Waals surface area contributed by atoms with E-state index in [1.165, 1.54) is 48.8 Å². The summed E-state index contributed by atoms with van der Waals surface area (Å²) < 4.78 is 0. The zero-order valence-electron chi connectivity index (χ0n) is 13.7. The lowest BCUT2D eigenvalue weighted by Crippen LogP contribution is -2.48. The van der Waals surface area contributed by atoms with Crippen molar-refractivity contribution in [1.82, 2.24) is 15.1 Å². The maximum Gasteiger partial charge on any atom is 0.0302 e. The largest absolute Gasteiger partial charge is 0.309 e. The second kappa shape index (κ2) is 6.78. The number of nitrogens with one attached hydrogen (secondary N) is 1. The van der Waals surface area contributed by atoms with Crippen LogP contribution < -0.4 is 5.32 Å². The summed E-state index contributed by atoms with van der Waals surface area (Å²) in [6.07, 6.45) is 2.74. The van der Waals surface area contributed by atoms with Gasteiger partial charge in [0.1, 0.15) is 0 Å². The van der Waals surface area contributed by atoms with Gasteiger partial charge in [0, 0.05) is 61.1 Å². The van der Waals surface area contributed by atoms with E-state index in [4.69, 9.17) is 0 Å². The summed E-state index contributed by atoms with van der Waals surface area (Å²) in [7, 11) is 0. The lowest BCUT2D eigenvalue weighted by Gasteiger charge is -2.36. The summed E-state index contributed by atoms with van der Waals surface area (Å²) >= 11 is 1.98. The minimum Gasteiger partial charge on any atom is -0.309 e. The SMILES string of the molecule is Cc1sc(CNC2CC2)cc1CN1CCN(C(C)C)CC1. The minimum absolute atomic E-state index is 0.690. The molecule has 4 heteroatoms. The Morgan fingerprint density at radius 2 is 1.95 bits per heavy atom. The van der Waals surface area contributed by atoms with Gasteiger partial charge >= 0.3 is 0 Å². The summed E-state index contributed by atoms with van der Waals surface area (Å²) in [5.74, 6) is 0. The number of hydrogen-bond donors (Lipinski definition) is 1. The first-order valence-corrected chi connectivity index (χ1v) is 9.21. The molecule has 0 amide bonds. The molecule has 2 fully saturated rings. The first kappa shape index (κ1) is 15.5. The molecule has 1 aromatic heterocycles. The Bertz CT molecular complexity index is 457. The number of piperazine rings is 1. The van der Waals surface area contributed by atoms with Crippen LogP contribution in [0.5, 0.6) is 0 Å². The van der Waals surface area contributed by atoms with Crippen molar-refractivity contribution < 1.29 is 0 Å². The Kier molecular flexibility index (Phi) is 4.99. The minimum atomic E-state index is 0.690. The molecule has 2 aliphatic rings. The monoisotopic (exact) mass is 307 g/mol. The molecule has 3 nitrogen and oxygen atoms in total. The Morgan fingerprint density at radius 1 is 1.24 bits per heavy atom. The zero-order valence-corrected chi connectivity index (χ0v) is 14.5. The molecule has 1 N–H and O–H groups in total. The van der Waals surface area contributed by atoms with E-state index in [0.29, 0.717) is 6.04 Å². The highest BCUT2D eigenvalue weighted by atomic mass is 32.1. The van der Waals surface area contributed by atoms with Gasteiger partial charge in [0.05, 0.1) is 0 Å². The first-order chi connectivity index (χ1) is 10.1. The lowest BCUT2D eigenvalue weighted by atomic mass is 10.2. The van der Waals surface area contributed by atoms with E-state index in [1.807, 2.05) is 11.3 Å². The maximum atomic E-state index is 3.63. The summed E-state index contributed by atoms with van der Waals surface area (Å²) in [5.41, 5.74) is 1.55.